The predicted molar refractivity (Wildman–Crippen MR) is 105 cm³/mol. The highest BCUT2D eigenvalue weighted by Gasteiger charge is 2.14. The van der Waals surface area contributed by atoms with E-state index in [-0.39, 0.29) is 18.2 Å². The minimum Gasteiger partial charge on any atom is -0.493 e. The number of ether oxygens (including phenoxy) is 1. The summed E-state index contributed by atoms with van der Waals surface area (Å²) in [6.45, 7) is 9.56. The lowest BCUT2D eigenvalue weighted by molar-refractivity contribution is -0.138. The van der Waals surface area contributed by atoms with Crippen LogP contribution in [-0.4, -0.2) is 26.8 Å². The molecule has 0 spiro atoms. The molecule has 0 aromatic carbocycles. The van der Waals surface area contributed by atoms with E-state index in [2.05, 4.69) is 11.8 Å². The van der Waals surface area contributed by atoms with Crippen LogP contribution in [0.25, 0.3) is 11.0 Å². The summed E-state index contributed by atoms with van der Waals surface area (Å²) >= 11 is 0. The standard InChI is InChI=1S/C20H31N3O4/c1-4-5-6-7-8-9-10-11-12-13-14-27-19(25)17(21-2)15-23-18(24)16-22(3)20(23)26/h15-16,24H,4-14H2,1,3H3. The molecule has 0 aliphatic rings. The summed E-state index contributed by atoms with van der Waals surface area (Å²) in [5.74, 6) is -1.12. The van der Waals surface area contributed by atoms with E-state index in [4.69, 9.17) is 11.3 Å². The molecule has 0 saturated carbocycles. The molecule has 0 unspecified atom stereocenters. The van der Waals surface area contributed by atoms with E-state index in [1.54, 1.807) is 0 Å². The van der Waals surface area contributed by atoms with Gasteiger partial charge >= 0.3 is 11.7 Å². The largest absolute Gasteiger partial charge is 0.493 e. The van der Waals surface area contributed by atoms with Crippen LogP contribution >= 0.6 is 0 Å². The Kier molecular flexibility index (Phi) is 10.7. The zero-order valence-corrected chi connectivity index (χ0v) is 16.4. The molecule has 27 heavy (non-hydrogen) atoms. The molecule has 0 radical (unpaired) electrons. The SMILES string of the molecule is [C-]#[N+]C(=Cn1c(O)cn(C)c1=O)C(=O)OCCCCCCCCCCCC. The van der Waals surface area contributed by atoms with E-state index in [0.717, 1.165) is 34.6 Å². The second-order valence-electron chi connectivity index (χ2n) is 6.69. The van der Waals surface area contributed by atoms with Crippen molar-refractivity contribution in [2.75, 3.05) is 6.61 Å². The third kappa shape index (κ3) is 8.16. The van der Waals surface area contributed by atoms with Crippen LogP contribution in [0.5, 0.6) is 5.88 Å². The molecule has 0 bridgehead atoms. The van der Waals surface area contributed by atoms with Gasteiger partial charge in [0.05, 0.1) is 19.4 Å². The fourth-order valence-corrected chi connectivity index (χ4v) is 2.76. The molecule has 0 aliphatic carbocycles. The van der Waals surface area contributed by atoms with Gasteiger partial charge < -0.3 is 9.84 Å². The van der Waals surface area contributed by atoms with Crippen LogP contribution in [0.4, 0.5) is 0 Å². The Labute approximate surface area is 161 Å². The molecule has 1 rings (SSSR count). The van der Waals surface area contributed by atoms with Crippen molar-refractivity contribution in [3.63, 3.8) is 0 Å². The fourth-order valence-electron chi connectivity index (χ4n) is 2.76. The number of carbonyl (C=O) groups excluding carboxylic acids is 1. The van der Waals surface area contributed by atoms with Crippen molar-refractivity contribution in [3.8, 4) is 5.88 Å². The van der Waals surface area contributed by atoms with Crippen molar-refractivity contribution in [1.29, 1.82) is 0 Å². The average Bonchev–Trinajstić information content (AvgIpc) is 2.89. The maximum Gasteiger partial charge on any atom is 0.337 e. The summed E-state index contributed by atoms with van der Waals surface area (Å²) in [5.41, 5.74) is -0.887. The molecule has 0 aliphatic heterocycles. The minimum atomic E-state index is -0.781. The van der Waals surface area contributed by atoms with Crippen LogP contribution in [0, 0.1) is 6.57 Å². The van der Waals surface area contributed by atoms with Crippen LogP contribution in [0.2, 0.25) is 0 Å². The molecule has 0 amide bonds. The highest BCUT2D eigenvalue weighted by molar-refractivity contribution is 5.93. The predicted octanol–water partition coefficient (Wildman–Crippen LogP) is 4.07. The van der Waals surface area contributed by atoms with Crippen LogP contribution < -0.4 is 5.69 Å². The Bertz CT molecular complexity index is 710. The molecule has 7 nitrogen and oxygen atoms in total. The summed E-state index contributed by atoms with van der Waals surface area (Å²) in [4.78, 5) is 26.9. The molecule has 0 fully saturated rings. The smallest absolute Gasteiger partial charge is 0.337 e. The molecular formula is C20H31N3O4. The van der Waals surface area contributed by atoms with E-state index in [0.29, 0.717) is 0 Å². The van der Waals surface area contributed by atoms with E-state index in [1.165, 1.54) is 58.2 Å². The Morgan fingerprint density at radius 3 is 2.19 bits per heavy atom. The van der Waals surface area contributed by atoms with Gasteiger partial charge in [0.15, 0.2) is 0 Å². The third-order valence-corrected chi connectivity index (χ3v) is 4.38. The molecule has 7 heteroatoms. The number of nitrogens with zero attached hydrogens (tertiary/aromatic N) is 3. The summed E-state index contributed by atoms with van der Waals surface area (Å²) in [6, 6.07) is 0. The zero-order valence-electron chi connectivity index (χ0n) is 16.4. The van der Waals surface area contributed by atoms with Gasteiger partial charge in [0.1, 0.15) is 0 Å². The van der Waals surface area contributed by atoms with E-state index < -0.39 is 11.7 Å². The van der Waals surface area contributed by atoms with Crippen LogP contribution in [-0.2, 0) is 16.6 Å². The highest BCUT2D eigenvalue weighted by atomic mass is 16.5. The van der Waals surface area contributed by atoms with Gasteiger partial charge in [-0.3, -0.25) is 9.36 Å². The summed E-state index contributed by atoms with van der Waals surface area (Å²) < 4.78 is 7.10. The van der Waals surface area contributed by atoms with Gasteiger partial charge in [-0.05, 0) is 6.42 Å². The Hall–Kier alpha value is -2.49. The second kappa shape index (κ2) is 12.8. The van der Waals surface area contributed by atoms with Crippen molar-refractivity contribution in [3.05, 3.63) is 33.8 Å². The number of hydrogen-bond acceptors (Lipinski definition) is 4. The highest BCUT2D eigenvalue weighted by Crippen LogP contribution is 2.12. The van der Waals surface area contributed by atoms with E-state index >= 15 is 0 Å². The monoisotopic (exact) mass is 377 g/mol. The molecule has 150 valence electrons. The lowest BCUT2D eigenvalue weighted by atomic mass is 10.1. The number of esters is 1. The Balaban J connectivity index is 2.26. The van der Waals surface area contributed by atoms with Crippen molar-refractivity contribution < 1.29 is 14.6 Å². The number of rotatable bonds is 13. The first-order valence-electron chi connectivity index (χ1n) is 9.74. The van der Waals surface area contributed by atoms with Crippen LogP contribution in [0.15, 0.2) is 16.7 Å². The molecule has 1 aromatic rings. The molecule has 0 atom stereocenters. The summed E-state index contributed by atoms with van der Waals surface area (Å²) in [6.07, 6.45) is 14.0. The van der Waals surface area contributed by atoms with E-state index in [9.17, 15) is 14.7 Å². The molecule has 1 heterocycles. The topological polar surface area (TPSA) is 77.8 Å². The lowest BCUT2D eigenvalue weighted by Crippen LogP contribution is -2.19. The van der Waals surface area contributed by atoms with Crippen molar-refractivity contribution in [1.82, 2.24) is 9.13 Å². The molecular weight excluding hydrogens is 346 g/mol. The Morgan fingerprint density at radius 1 is 1.15 bits per heavy atom. The zero-order chi connectivity index (χ0) is 20.1. The van der Waals surface area contributed by atoms with Crippen molar-refractivity contribution >= 4 is 12.2 Å². The van der Waals surface area contributed by atoms with Gasteiger partial charge in [0.2, 0.25) is 5.88 Å². The first-order chi connectivity index (χ1) is 13.0. The number of aryl methyl sites for hydroxylation is 1. The number of imidazole rings is 1. The van der Waals surface area contributed by atoms with Gasteiger partial charge in [-0.1, -0.05) is 64.7 Å². The number of hydrogen-bond donors (Lipinski definition) is 1. The van der Waals surface area contributed by atoms with Gasteiger partial charge in [0.25, 0.3) is 5.70 Å². The van der Waals surface area contributed by atoms with Gasteiger partial charge in [-0.2, -0.15) is 0 Å². The normalized spacial score (nSPS) is 11.4. The van der Waals surface area contributed by atoms with E-state index in [1.807, 2.05) is 0 Å². The lowest BCUT2D eigenvalue weighted by Gasteiger charge is -2.05. The average molecular weight is 377 g/mol. The first-order valence-corrected chi connectivity index (χ1v) is 9.74. The maximum absolute atomic E-state index is 12.0. The maximum atomic E-state index is 12.0. The van der Waals surface area contributed by atoms with Crippen LogP contribution in [0.1, 0.15) is 71.1 Å². The molecule has 1 N–H and O–H groups in total. The fraction of sp³-hybridized carbons (Fsp3) is 0.650. The number of unbranched alkanes of at least 4 members (excludes halogenated alkanes) is 9. The summed E-state index contributed by atoms with van der Waals surface area (Å²) in [7, 11) is 1.47. The second-order valence-corrected chi connectivity index (χ2v) is 6.69. The summed E-state index contributed by atoms with van der Waals surface area (Å²) in [5, 5.41) is 9.66. The van der Waals surface area contributed by atoms with Crippen LogP contribution in [0.3, 0.4) is 0 Å². The third-order valence-electron chi connectivity index (χ3n) is 4.38. The van der Waals surface area contributed by atoms with Crippen molar-refractivity contribution in [2.24, 2.45) is 7.05 Å². The molecule has 1 aromatic heterocycles. The van der Waals surface area contributed by atoms with Gasteiger partial charge in [-0.25, -0.2) is 14.2 Å². The van der Waals surface area contributed by atoms with Gasteiger partial charge in [-0.15, -0.1) is 0 Å². The minimum absolute atomic E-state index is 0.248. The number of aromatic hydroxyl groups is 1. The quantitative estimate of drug-likeness (QED) is 0.243. The number of carbonyl (C=O) groups is 1. The van der Waals surface area contributed by atoms with Crippen molar-refractivity contribution in [2.45, 2.75) is 71.1 Å². The number of aromatic nitrogens is 2. The Morgan fingerprint density at radius 2 is 1.70 bits per heavy atom. The molecule has 0 saturated heterocycles. The van der Waals surface area contributed by atoms with Gasteiger partial charge in [0, 0.05) is 13.2 Å². The first kappa shape index (κ1) is 22.6.